The SMILES string of the molecule is Cc1ccc(/C=C/C(=O)Nc2ccc(S(=O)(=O)NC(C)C)cc2)c(Br)c1. The Labute approximate surface area is 162 Å². The van der Waals surface area contributed by atoms with Crippen LogP contribution in [0.1, 0.15) is 25.0 Å². The van der Waals surface area contributed by atoms with Gasteiger partial charge in [-0.15, -0.1) is 0 Å². The van der Waals surface area contributed by atoms with Gasteiger partial charge in [-0.25, -0.2) is 13.1 Å². The van der Waals surface area contributed by atoms with Gasteiger partial charge in [0.05, 0.1) is 4.90 Å². The highest BCUT2D eigenvalue weighted by molar-refractivity contribution is 9.10. The maximum Gasteiger partial charge on any atom is 0.248 e. The number of carbonyl (C=O) groups is 1. The Morgan fingerprint density at radius 3 is 2.35 bits per heavy atom. The second-order valence-corrected chi connectivity index (χ2v) is 8.72. The van der Waals surface area contributed by atoms with Gasteiger partial charge in [-0.2, -0.15) is 0 Å². The molecule has 0 saturated heterocycles. The summed E-state index contributed by atoms with van der Waals surface area (Å²) in [5.41, 5.74) is 2.54. The number of anilines is 1. The first-order valence-electron chi connectivity index (χ1n) is 8.05. The molecule has 138 valence electrons. The Balaban J connectivity index is 2.04. The quantitative estimate of drug-likeness (QED) is 0.669. The number of aryl methyl sites for hydroxylation is 1. The Kier molecular flexibility index (Phi) is 6.75. The average Bonchev–Trinajstić information content (AvgIpc) is 2.53. The fourth-order valence-electron chi connectivity index (χ4n) is 2.21. The molecule has 5 nitrogen and oxygen atoms in total. The number of amides is 1. The van der Waals surface area contributed by atoms with E-state index >= 15 is 0 Å². The standard InChI is InChI=1S/C19H21BrN2O3S/c1-13(2)22-26(24,25)17-9-7-16(8-10-17)21-19(23)11-6-15-5-4-14(3)12-18(15)20/h4-13,22H,1-3H3,(H,21,23)/b11-6+. The van der Waals surface area contributed by atoms with Crippen molar-refractivity contribution in [3.8, 4) is 0 Å². The number of halogens is 1. The number of benzene rings is 2. The fraction of sp³-hybridized carbons (Fsp3) is 0.211. The maximum atomic E-state index is 12.1. The minimum atomic E-state index is -3.54. The van der Waals surface area contributed by atoms with Gasteiger partial charge in [-0.3, -0.25) is 4.79 Å². The molecule has 0 unspecified atom stereocenters. The first-order chi connectivity index (χ1) is 12.2. The number of hydrogen-bond donors (Lipinski definition) is 2. The zero-order valence-corrected chi connectivity index (χ0v) is 17.2. The smallest absolute Gasteiger partial charge is 0.248 e. The van der Waals surface area contributed by atoms with E-state index in [1.165, 1.54) is 18.2 Å². The Hall–Kier alpha value is -1.96. The highest BCUT2D eigenvalue weighted by Crippen LogP contribution is 2.20. The summed E-state index contributed by atoms with van der Waals surface area (Å²) in [6, 6.07) is 11.7. The minimum absolute atomic E-state index is 0.156. The van der Waals surface area contributed by atoms with Crippen LogP contribution in [-0.2, 0) is 14.8 Å². The molecule has 7 heteroatoms. The number of rotatable bonds is 6. The van der Waals surface area contributed by atoms with Gasteiger partial charge in [0.2, 0.25) is 15.9 Å². The molecule has 0 aromatic heterocycles. The summed E-state index contributed by atoms with van der Waals surface area (Å²) in [5.74, 6) is -0.298. The van der Waals surface area contributed by atoms with Crippen molar-refractivity contribution in [3.05, 3.63) is 64.1 Å². The van der Waals surface area contributed by atoms with Crippen LogP contribution >= 0.6 is 15.9 Å². The molecule has 1 amide bonds. The molecule has 2 aromatic rings. The maximum absolute atomic E-state index is 12.1. The predicted octanol–water partition coefficient (Wildman–Crippen LogP) is 4.10. The first-order valence-corrected chi connectivity index (χ1v) is 10.3. The van der Waals surface area contributed by atoms with Gasteiger partial charge in [-0.1, -0.05) is 28.1 Å². The van der Waals surface area contributed by atoms with Gasteiger partial charge in [-0.05, 0) is 68.3 Å². The van der Waals surface area contributed by atoms with Crippen LogP contribution in [0.15, 0.2) is 57.9 Å². The largest absolute Gasteiger partial charge is 0.323 e. The van der Waals surface area contributed by atoms with E-state index in [-0.39, 0.29) is 16.8 Å². The summed E-state index contributed by atoms with van der Waals surface area (Å²) in [7, 11) is -3.54. The van der Waals surface area contributed by atoms with E-state index in [4.69, 9.17) is 0 Å². The number of nitrogens with one attached hydrogen (secondary N) is 2. The summed E-state index contributed by atoms with van der Waals surface area (Å²) in [6.07, 6.45) is 3.14. The second-order valence-electron chi connectivity index (χ2n) is 6.15. The van der Waals surface area contributed by atoms with Crippen molar-refractivity contribution in [2.75, 3.05) is 5.32 Å². The third kappa shape index (κ3) is 5.79. The van der Waals surface area contributed by atoms with Crippen LogP contribution in [0, 0.1) is 6.92 Å². The molecule has 26 heavy (non-hydrogen) atoms. The van der Waals surface area contributed by atoms with Crippen molar-refractivity contribution in [2.24, 2.45) is 0 Å². The molecule has 0 heterocycles. The van der Waals surface area contributed by atoms with Crippen LogP contribution in [0.4, 0.5) is 5.69 Å². The third-order valence-electron chi connectivity index (χ3n) is 3.39. The predicted molar refractivity (Wildman–Crippen MR) is 108 cm³/mol. The summed E-state index contributed by atoms with van der Waals surface area (Å²) >= 11 is 3.46. The van der Waals surface area contributed by atoms with Gasteiger partial charge in [0.15, 0.2) is 0 Å². The molecule has 2 rings (SSSR count). The molecular weight excluding hydrogens is 416 g/mol. The molecule has 0 radical (unpaired) electrons. The first kappa shape index (κ1) is 20.4. The van der Waals surface area contributed by atoms with Gasteiger partial charge >= 0.3 is 0 Å². The van der Waals surface area contributed by atoms with Gasteiger partial charge in [0, 0.05) is 22.3 Å². The molecular formula is C19H21BrN2O3S. The summed E-state index contributed by atoms with van der Waals surface area (Å²) < 4.78 is 27.6. The minimum Gasteiger partial charge on any atom is -0.323 e. The van der Waals surface area contributed by atoms with Gasteiger partial charge in [0.25, 0.3) is 0 Å². The molecule has 2 aromatic carbocycles. The van der Waals surface area contributed by atoms with Crippen molar-refractivity contribution in [1.82, 2.24) is 4.72 Å². The van der Waals surface area contributed by atoms with Crippen LogP contribution in [-0.4, -0.2) is 20.4 Å². The fourth-order valence-corrected chi connectivity index (χ4v) is 4.09. The number of carbonyl (C=O) groups excluding carboxylic acids is 1. The van der Waals surface area contributed by atoms with E-state index < -0.39 is 10.0 Å². The van der Waals surface area contributed by atoms with Crippen LogP contribution in [0.5, 0.6) is 0 Å². The van der Waals surface area contributed by atoms with Crippen LogP contribution < -0.4 is 10.0 Å². The molecule has 0 aliphatic carbocycles. The highest BCUT2D eigenvalue weighted by Gasteiger charge is 2.14. The highest BCUT2D eigenvalue weighted by atomic mass is 79.9. The lowest BCUT2D eigenvalue weighted by atomic mass is 10.1. The molecule has 0 aliphatic heterocycles. The van der Waals surface area contributed by atoms with Crippen molar-refractivity contribution < 1.29 is 13.2 Å². The lowest BCUT2D eigenvalue weighted by molar-refractivity contribution is -0.111. The molecule has 2 N–H and O–H groups in total. The lowest BCUT2D eigenvalue weighted by Gasteiger charge is -2.10. The summed E-state index contributed by atoms with van der Waals surface area (Å²) in [6.45, 7) is 5.50. The number of sulfonamides is 1. The van der Waals surface area contributed by atoms with Crippen molar-refractivity contribution in [3.63, 3.8) is 0 Å². The van der Waals surface area contributed by atoms with Crippen molar-refractivity contribution >= 4 is 43.6 Å². The van der Waals surface area contributed by atoms with Crippen molar-refractivity contribution in [2.45, 2.75) is 31.7 Å². The van der Waals surface area contributed by atoms with E-state index in [1.54, 1.807) is 32.1 Å². The summed E-state index contributed by atoms with van der Waals surface area (Å²) in [4.78, 5) is 12.2. The lowest BCUT2D eigenvalue weighted by Crippen LogP contribution is -2.30. The molecule has 0 fully saturated rings. The molecule has 0 atom stereocenters. The van der Waals surface area contributed by atoms with E-state index in [0.717, 1.165) is 15.6 Å². The molecule has 0 saturated carbocycles. The zero-order valence-electron chi connectivity index (χ0n) is 14.8. The van der Waals surface area contributed by atoms with Crippen LogP contribution in [0.25, 0.3) is 6.08 Å². The van der Waals surface area contributed by atoms with E-state index in [2.05, 4.69) is 26.0 Å². The average molecular weight is 437 g/mol. The second kappa shape index (κ2) is 8.62. The third-order valence-corrected chi connectivity index (χ3v) is 5.75. The van der Waals surface area contributed by atoms with Gasteiger partial charge < -0.3 is 5.32 Å². The summed E-state index contributed by atoms with van der Waals surface area (Å²) in [5, 5.41) is 2.71. The van der Waals surface area contributed by atoms with Crippen LogP contribution in [0.3, 0.4) is 0 Å². The van der Waals surface area contributed by atoms with Gasteiger partial charge in [0.1, 0.15) is 0 Å². The zero-order chi connectivity index (χ0) is 19.3. The van der Waals surface area contributed by atoms with E-state index in [1.807, 2.05) is 25.1 Å². The monoisotopic (exact) mass is 436 g/mol. The topological polar surface area (TPSA) is 75.3 Å². The Morgan fingerprint density at radius 1 is 1.12 bits per heavy atom. The van der Waals surface area contributed by atoms with E-state index in [0.29, 0.717) is 5.69 Å². The van der Waals surface area contributed by atoms with Crippen LogP contribution in [0.2, 0.25) is 0 Å². The Morgan fingerprint density at radius 2 is 1.77 bits per heavy atom. The normalized spacial score (nSPS) is 11.9. The Bertz CT molecular complexity index is 920. The molecule has 0 spiro atoms. The van der Waals surface area contributed by atoms with E-state index in [9.17, 15) is 13.2 Å². The van der Waals surface area contributed by atoms with Crippen molar-refractivity contribution in [1.29, 1.82) is 0 Å². The number of hydrogen-bond acceptors (Lipinski definition) is 3. The molecule has 0 aliphatic rings. The molecule has 0 bridgehead atoms.